The van der Waals surface area contributed by atoms with E-state index in [-0.39, 0.29) is 61.8 Å². The van der Waals surface area contributed by atoms with E-state index in [4.69, 9.17) is 11.6 Å². The highest BCUT2D eigenvalue weighted by molar-refractivity contribution is 6.31. The Morgan fingerprint density at radius 2 is 1.18 bits per heavy atom. The highest BCUT2D eigenvalue weighted by Gasteiger charge is 2.43. The Kier molecular flexibility index (Phi) is 28.7. The van der Waals surface area contributed by atoms with E-state index in [0.29, 0.717) is 6.42 Å². The predicted octanol–water partition coefficient (Wildman–Crippen LogP) is 4.88. The predicted molar refractivity (Wildman–Crippen MR) is 327 cm³/mol. The van der Waals surface area contributed by atoms with Crippen LogP contribution in [0.5, 0.6) is 0 Å². The third-order valence-electron chi connectivity index (χ3n) is 17.4. The molecule has 0 aromatic heterocycles. The number of benzene rings is 1. The van der Waals surface area contributed by atoms with Crippen LogP contribution in [0.25, 0.3) is 0 Å². The first-order chi connectivity index (χ1) is 40.7. The maximum absolute atomic E-state index is 14.7. The second-order valence-corrected chi connectivity index (χ2v) is 26.1. The van der Waals surface area contributed by atoms with Crippen molar-refractivity contribution >= 4 is 76.6 Å². The van der Waals surface area contributed by atoms with Crippen LogP contribution in [0.2, 0.25) is 5.02 Å². The summed E-state index contributed by atoms with van der Waals surface area (Å²) in [5, 5.41) is 10.4. The SMILES string of the molecule is CC[C@H](C)[C@@H]1NC(=O)[C@H](C)N(C)C(=O)C[C@@H](C)N(C)C(=O)[C@@H](CC(C)C)NC(=O)C(C)(C)N(C)C(=O)[C@H](CC(C)C)NC(=O)[C@H](CCc2ccc(C(F)(F)F)c(Cl)c2)NC(=O)CN(C)C(=O)[C@H](CC2CCCCC2)N(C)C(=O)CN(C)C(=O)CN(C)C1=O. The van der Waals surface area contributed by atoms with Crippen LogP contribution >= 0.6 is 11.6 Å². The van der Waals surface area contributed by atoms with Crippen LogP contribution in [0.4, 0.5) is 13.2 Å². The number of carbonyl (C=O) groups excluding carboxylic acids is 11. The molecule has 0 spiro atoms. The summed E-state index contributed by atoms with van der Waals surface area (Å²) in [6.45, 7) is 15.2. The van der Waals surface area contributed by atoms with Crippen LogP contribution in [0.3, 0.4) is 0 Å². The molecule has 2 aliphatic rings. The summed E-state index contributed by atoms with van der Waals surface area (Å²) in [5.41, 5.74) is -2.49. The van der Waals surface area contributed by atoms with E-state index in [0.717, 1.165) is 63.8 Å². The molecule has 2 fully saturated rings. The summed E-state index contributed by atoms with van der Waals surface area (Å²) in [6, 6.07) is -5.00. The molecule has 11 amide bonds. The number of nitrogens with zero attached hydrogens (tertiary/aromatic N) is 7. The van der Waals surface area contributed by atoms with Crippen molar-refractivity contribution in [3.05, 3.63) is 34.3 Å². The van der Waals surface area contributed by atoms with Gasteiger partial charge in [0.05, 0.1) is 30.2 Å². The maximum Gasteiger partial charge on any atom is 0.417 e. The van der Waals surface area contributed by atoms with E-state index >= 15 is 0 Å². The molecule has 0 unspecified atom stereocenters. The van der Waals surface area contributed by atoms with Crippen molar-refractivity contribution in [2.45, 2.75) is 200 Å². The Bertz CT molecular complexity index is 2650. The van der Waals surface area contributed by atoms with Crippen LogP contribution in [-0.4, -0.2) is 216 Å². The van der Waals surface area contributed by atoms with Gasteiger partial charge in [0.2, 0.25) is 65.0 Å². The number of hydrogen-bond donors (Lipinski definition) is 4. The molecule has 1 aliphatic heterocycles. The normalized spacial score (nSPS) is 25.3. The summed E-state index contributed by atoms with van der Waals surface area (Å²) < 4.78 is 41.2. The van der Waals surface area contributed by atoms with Gasteiger partial charge in [0, 0.05) is 61.8 Å². The Morgan fingerprint density at radius 3 is 1.73 bits per heavy atom. The first kappa shape index (κ1) is 75.7. The molecule has 1 aromatic rings. The monoisotopic (exact) mass is 1270 g/mol. The second-order valence-electron chi connectivity index (χ2n) is 25.7. The van der Waals surface area contributed by atoms with Crippen molar-refractivity contribution in [2.75, 3.05) is 69.0 Å². The van der Waals surface area contributed by atoms with Crippen LogP contribution in [0.15, 0.2) is 18.2 Å². The summed E-state index contributed by atoms with van der Waals surface area (Å²) in [6.07, 6.45) is -0.166. The van der Waals surface area contributed by atoms with E-state index in [9.17, 15) is 65.9 Å². The zero-order valence-corrected chi connectivity index (χ0v) is 55.6. The number of likely N-dealkylation sites (N-methyl/N-ethyl adjacent to an activating group) is 7. The molecule has 4 N–H and O–H groups in total. The lowest BCUT2D eigenvalue weighted by molar-refractivity contribution is -0.149. The number of hydrogen-bond acceptors (Lipinski definition) is 11. The maximum atomic E-state index is 14.7. The number of carbonyl (C=O) groups is 11. The Hall–Kier alpha value is -6.53. The Morgan fingerprint density at radius 1 is 0.625 bits per heavy atom. The highest BCUT2D eigenvalue weighted by atomic mass is 35.5. The molecule has 1 saturated carbocycles. The lowest BCUT2D eigenvalue weighted by Crippen LogP contribution is -2.63. The molecule has 22 nitrogen and oxygen atoms in total. The number of amides is 11. The molecule has 0 bridgehead atoms. The average Bonchev–Trinajstić information content (AvgIpc) is 2.45. The average molecular weight is 1270 g/mol. The smallest absolute Gasteiger partial charge is 0.343 e. The van der Waals surface area contributed by atoms with Gasteiger partial charge in [-0.15, -0.1) is 0 Å². The molecule has 0 radical (unpaired) electrons. The molecule has 26 heteroatoms. The third-order valence-corrected chi connectivity index (χ3v) is 17.7. The van der Waals surface area contributed by atoms with Gasteiger partial charge in [-0.3, -0.25) is 52.7 Å². The van der Waals surface area contributed by atoms with Gasteiger partial charge in [-0.25, -0.2) is 0 Å². The quantitative estimate of drug-likeness (QED) is 0.232. The molecule has 88 heavy (non-hydrogen) atoms. The number of aryl methyl sites for hydroxylation is 1. The minimum atomic E-state index is -4.76. The standard InChI is InChI=1S/C62H99ClF3N11O11/c1-18-38(6)53-59(87)73(13)34-51(80)71(11)35-52(81)76(16)48(32-41-22-20-19-21-23-41)58(86)72(12)33-49(78)67-45(27-25-42-24-26-43(44(63)31-42)62(64,65)66)55(83)68-47(29-37(4)5)57(85)77(17)61(9,10)60(88)69-46(28-36(2)3)56(84)74(14)39(7)30-50(79)75(15)40(8)54(82)70-53/h24,26,31,36-41,45-48,53H,18-23,25,27-30,32-35H2,1-17H3,(H,67,78)(H,68,83)(H,69,88)(H,70,82)/t38-,39+,40-,45-,46+,47-,48-,53-/m0/s1. The fourth-order valence-electron chi connectivity index (χ4n) is 10.7. The number of nitrogens with one attached hydrogen (secondary N) is 4. The first-order valence-electron chi connectivity index (χ1n) is 30.6. The van der Waals surface area contributed by atoms with Crippen molar-refractivity contribution in [1.82, 2.24) is 55.6 Å². The van der Waals surface area contributed by atoms with Crippen LogP contribution < -0.4 is 21.3 Å². The molecule has 1 heterocycles. The summed E-state index contributed by atoms with van der Waals surface area (Å²) in [4.78, 5) is 165. The van der Waals surface area contributed by atoms with Crippen LogP contribution in [-0.2, 0) is 65.3 Å². The highest BCUT2D eigenvalue weighted by Crippen LogP contribution is 2.35. The topological polar surface area (TPSA) is 259 Å². The summed E-state index contributed by atoms with van der Waals surface area (Å²) >= 11 is 6.08. The van der Waals surface area contributed by atoms with Crippen molar-refractivity contribution in [1.29, 1.82) is 0 Å². The fraction of sp³-hybridized carbons (Fsp3) is 0.726. The van der Waals surface area contributed by atoms with E-state index in [2.05, 4.69) is 21.3 Å². The number of rotatable bonds is 11. The molecular weight excluding hydrogens is 1170 g/mol. The van der Waals surface area contributed by atoms with Gasteiger partial charge in [-0.2, -0.15) is 13.2 Å². The lowest BCUT2D eigenvalue weighted by Gasteiger charge is -2.39. The molecule has 496 valence electrons. The van der Waals surface area contributed by atoms with Crippen molar-refractivity contribution in [3.8, 4) is 0 Å². The van der Waals surface area contributed by atoms with Gasteiger partial charge in [-0.05, 0) is 101 Å². The molecule has 8 atom stereocenters. The van der Waals surface area contributed by atoms with Crippen LogP contribution in [0.1, 0.15) is 151 Å². The van der Waals surface area contributed by atoms with Crippen molar-refractivity contribution in [3.63, 3.8) is 0 Å². The molecular formula is C62H99ClF3N11O11. The summed E-state index contributed by atoms with van der Waals surface area (Å²) in [5.74, 6) is -8.22. The first-order valence-corrected chi connectivity index (χ1v) is 31.0. The molecule has 1 aromatic carbocycles. The minimum absolute atomic E-state index is 0.0249. The zero-order valence-electron chi connectivity index (χ0n) is 54.8. The van der Waals surface area contributed by atoms with E-state index in [1.165, 1.54) is 90.9 Å². The van der Waals surface area contributed by atoms with E-state index < -0.39 is 155 Å². The lowest BCUT2D eigenvalue weighted by atomic mass is 9.84. The Balaban J connectivity index is 2.18. The van der Waals surface area contributed by atoms with Crippen LogP contribution in [0, 0.1) is 23.7 Å². The summed E-state index contributed by atoms with van der Waals surface area (Å²) in [7, 11) is 9.78. The van der Waals surface area contributed by atoms with Crippen molar-refractivity contribution in [2.24, 2.45) is 23.7 Å². The van der Waals surface area contributed by atoms with Crippen molar-refractivity contribution < 1.29 is 65.9 Å². The fourth-order valence-corrected chi connectivity index (χ4v) is 11.0. The van der Waals surface area contributed by atoms with Gasteiger partial charge in [0.1, 0.15) is 41.8 Å². The molecule has 1 aliphatic carbocycles. The van der Waals surface area contributed by atoms with Gasteiger partial charge >= 0.3 is 6.18 Å². The van der Waals surface area contributed by atoms with Gasteiger partial charge in [-0.1, -0.05) is 97.7 Å². The minimum Gasteiger partial charge on any atom is -0.343 e. The van der Waals surface area contributed by atoms with E-state index in [1.54, 1.807) is 27.7 Å². The van der Waals surface area contributed by atoms with Gasteiger partial charge < -0.3 is 55.6 Å². The zero-order chi connectivity index (χ0) is 67.0. The van der Waals surface area contributed by atoms with Gasteiger partial charge in [0.25, 0.3) is 0 Å². The van der Waals surface area contributed by atoms with Gasteiger partial charge in [0.15, 0.2) is 0 Å². The second kappa shape index (κ2) is 33.3. The molecule has 3 rings (SSSR count). The van der Waals surface area contributed by atoms with E-state index in [1.807, 2.05) is 20.8 Å². The number of alkyl halides is 3. The Labute approximate surface area is 523 Å². The third kappa shape index (κ3) is 21.3. The number of halogens is 4. The largest absolute Gasteiger partial charge is 0.417 e. The molecule has 1 saturated heterocycles.